The first-order chi connectivity index (χ1) is 12.2. The second-order valence-electron chi connectivity index (χ2n) is 7.42. The molecule has 1 N–H and O–H groups in total. The Kier molecular flexibility index (Phi) is 13.2. The molecular weight excluding hydrogens is 308 g/mol. The van der Waals surface area contributed by atoms with E-state index in [0.717, 1.165) is 12.0 Å². The smallest absolute Gasteiger partial charge is 0.161 e. The Morgan fingerprint density at radius 3 is 1.72 bits per heavy atom. The lowest BCUT2D eigenvalue weighted by atomic mass is 10.0. The number of phenolic OH excluding ortho intramolecular Hbond substituents is 1. The van der Waals surface area contributed by atoms with E-state index in [-0.39, 0.29) is 5.75 Å². The molecule has 2 heteroatoms. The minimum absolute atomic E-state index is 0.246. The number of aryl methyl sites for hydroxylation is 1. The average Bonchev–Trinajstić information content (AvgIpc) is 2.61. The molecule has 0 radical (unpaired) electrons. The van der Waals surface area contributed by atoms with Crippen LogP contribution in [0.25, 0.3) is 0 Å². The summed E-state index contributed by atoms with van der Waals surface area (Å²) in [5.74, 6) is 0.866. The van der Waals surface area contributed by atoms with E-state index in [9.17, 15) is 5.11 Å². The Hall–Kier alpha value is -1.18. The predicted molar refractivity (Wildman–Crippen MR) is 109 cm³/mol. The first-order valence-electron chi connectivity index (χ1n) is 10.7. The topological polar surface area (TPSA) is 29.5 Å². The Morgan fingerprint density at radius 1 is 0.720 bits per heavy atom. The third kappa shape index (κ3) is 11.9. The molecule has 0 saturated carbocycles. The maximum absolute atomic E-state index is 9.73. The first kappa shape index (κ1) is 21.9. The van der Waals surface area contributed by atoms with Gasteiger partial charge in [-0.15, -0.1) is 0 Å². The van der Waals surface area contributed by atoms with E-state index in [1.807, 2.05) is 19.1 Å². The molecule has 0 atom stereocenters. The van der Waals surface area contributed by atoms with Crippen LogP contribution < -0.4 is 4.74 Å². The van der Waals surface area contributed by atoms with Gasteiger partial charge in [-0.05, 0) is 31.0 Å². The van der Waals surface area contributed by atoms with Crippen molar-refractivity contribution < 1.29 is 9.84 Å². The molecule has 0 unspecified atom stereocenters. The summed E-state index contributed by atoms with van der Waals surface area (Å²) < 4.78 is 5.67. The van der Waals surface area contributed by atoms with E-state index in [4.69, 9.17) is 4.74 Å². The second-order valence-corrected chi connectivity index (χ2v) is 7.42. The summed E-state index contributed by atoms with van der Waals surface area (Å²) in [7, 11) is 0. The van der Waals surface area contributed by atoms with Crippen LogP contribution in [0.4, 0.5) is 0 Å². The van der Waals surface area contributed by atoms with Crippen molar-refractivity contribution in [3.8, 4) is 11.5 Å². The molecule has 0 saturated heterocycles. The molecule has 144 valence electrons. The van der Waals surface area contributed by atoms with Gasteiger partial charge in [0.25, 0.3) is 0 Å². The Balaban J connectivity index is 1.82. The van der Waals surface area contributed by atoms with E-state index in [1.54, 1.807) is 6.07 Å². The van der Waals surface area contributed by atoms with Gasteiger partial charge in [-0.25, -0.2) is 0 Å². The molecule has 0 spiro atoms. The molecule has 0 aromatic heterocycles. The quantitative estimate of drug-likeness (QED) is 0.312. The maximum Gasteiger partial charge on any atom is 0.161 e. The highest BCUT2D eigenvalue weighted by Crippen LogP contribution is 2.26. The van der Waals surface area contributed by atoms with Crippen LogP contribution in [-0.2, 0) is 0 Å². The van der Waals surface area contributed by atoms with Crippen LogP contribution in [0.1, 0.15) is 102 Å². The number of phenols is 1. The van der Waals surface area contributed by atoms with Crippen LogP contribution >= 0.6 is 0 Å². The van der Waals surface area contributed by atoms with E-state index >= 15 is 0 Å². The molecular formula is C23H40O2. The summed E-state index contributed by atoms with van der Waals surface area (Å²) in [6, 6.07) is 5.50. The SMILES string of the molecule is CCCCCCCCCCCCCCCCOc1cc(C)ccc1O. The standard InChI is InChI=1S/C23H40O2/c1-3-4-5-6-7-8-9-10-11-12-13-14-15-16-19-25-23-20-21(2)17-18-22(23)24/h17-18,20,24H,3-16,19H2,1-2H3. The number of unbranched alkanes of at least 4 members (excludes halogenated alkanes) is 13. The van der Waals surface area contributed by atoms with Gasteiger partial charge in [0, 0.05) is 0 Å². The van der Waals surface area contributed by atoms with Crippen molar-refractivity contribution in [1.29, 1.82) is 0 Å². The predicted octanol–water partition coefficient (Wildman–Crippen LogP) is 7.56. The van der Waals surface area contributed by atoms with Crippen molar-refractivity contribution in [2.24, 2.45) is 0 Å². The normalized spacial score (nSPS) is 11.0. The van der Waals surface area contributed by atoms with Crippen LogP contribution in [0.15, 0.2) is 18.2 Å². The zero-order chi connectivity index (χ0) is 18.2. The number of rotatable bonds is 16. The molecule has 1 aromatic rings. The molecule has 1 aromatic carbocycles. The lowest BCUT2D eigenvalue weighted by Crippen LogP contribution is -1.97. The van der Waals surface area contributed by atoms with Crippen molar-refractivity contribution in [2.75, 3.05) is 6.61 Å². The third-order valence-corrected chi connectivity index (χ3v) is 4.87. The summed E-state index contributed by atoms with van der Waals surface area (Å²) in [5.41, 5.74) is 1.12. The fraction of sp³-hybridized carbons (Fsp3) is 0.739. The molecule has 0 bridgehead atoms. The Morgan fingerprint density at radius 2 is 1.20 bits per heavy atom. The third-order valence-electron chi connectivity index (χ3n) is 4.87. The van der Waals surface area contributed by atoms with Crippen molar-refractivity contribution in [3.05, 3.63) is 23.8 Å². The minimum Gasteiger partial charge on any atom is -0.504 e. The summed E-state index contributed by atoms with van der Waals surface area (Å²) in [6.45, 7) is 5.00. The summed E-state index contributed by atoms with van der Waals surface area (Å²) in [5, 5.41) is 9.73. The molecule has 0 aliphatic heterocycles. The van der Waals surface area contributed by atoms with Gasteiger partial charge in [-0.3, -0.25) is 0 Å². The first-order valence-corrected chi connectivity index (χ1v) is 10.7. The zero-order valence-corrected chi connectivity index (χ0v) is 16.7. The van der Waals surface area contributed by atoms with Gasteiger partial charge < -0.3 is 9.84 Å². The van der Waals surface area contributed by atoms with Crippen LogP contribution in [0, 0.1) is 6.92 Å². The maximum atomic E-state index is 9.73. The fourth-order valence-electron chi connectivity index (χ4n) is 3.22. The Labute approximate surface area is 156 Å². The lowest BCUT2D eigenvalue weighted by Gasteiger charge is -2.08. The van der Waals surface area contributed by atoms with E-state index in [2.05, 4.69) is 6.92 Å². The number of hydrogen-bond acceptors (Lipinski definition) is 2. The van der Waals surface area contributed by atoms with Gasteiger partial charge >= 0.3 is 0 Å². The van der Waals surface area contributed by atoms with Gasteiger partial charge in [-0.2, -0.15) is 0 Å². The molecule has 1 rings (SSSR count). The number of ether oxygens (including phenoxy) is 1. The molecule has 0 heterocycles. The van der Waals surface area contributed by atoms with Crippen LogP contribution in [0.3, 0.4) is 0 Å². The number of benzene rings is 1. The van der Waals surface area contributed by atoms with Gasteiger partial charge in [0.2, 0.25) is 0 Å². The van der Waals surface area contributed by atoms with Crippen LogP contribution in [0.2, 0.25) is 0 Å². The minimum atomic E-state index is 0.246. The second kappa shape index (κ2) is 15.1. The highest BCUT2D eigenvalue weighted by atomic mass is 16.5. The number of hydrogen-bond donors (Lipinski definition) is 1. The highest BCUT2D eigenvalue weighted by molar-refractivity contribution is 5.41. The Bertz CT molecular complexity index is 428. The van der Waals surface area contributed by atoms with Crippen molar-refractivity contribution in [3.63, 3.8) is 0 Å². The van der Waals surface area contributed by atoms with Crippen molar-refractivity contribution in [1.82, 2.24) is 0 Å². The molecule has 0 aliphatic carbocycles. The van der Waals surface area contributed by atoms with Gasteiger partial charge in [0.1, 0.15) is 0 Å². The molecule has 0 amide bonds. The van der Waals surface area contributed by atoms with Crippen LogP contribution in [-0.4, -0.2) is 11.7 Å². The van der Waals surface area contributed by atoms with Gasteiger partial charge in [0.05, 0.1) is 6.61 Å². The van der Waals surface area contributed by atoms with E-state index < -0.39 is 0 Å². The highest BCUT2D eigenvalue weighted by Gasteiger charge is 2.02. The summed E-state index contributed by atoms with van der Waals surface area (Å²) in [6.07, 6.45) is 19.1. The number of aromatic hydroxyl groups is 1. The average molecular weight is 349 g/mol. The van der Waals surface area contributed by atoms with Gasteiger partial charge in [0.15, 0.2) is 11.5 Å². The molecule has 2 nitrogen and oxygen atoms in total. The summed E-state index contributed by atoms with van der Waals surface area (Å²) >= 11 is 0. The van der Waals surface area contributed by atoms with Crippen molar-refractivity contribution in [2.45, 2.75) is 104 Å². The summed E-state index contributed by atoms with van der Waals surface area (Å²) in [4.78, 5) is 0. The zero-order valence-electron chi connectivity index (χ0n) is 16.7. The van der Waals surface area contributed by atoms with Crippen molar-refractivity contribution >= 4 is 0 Å². The fourth-order valence-corrected chi connectivity index (χ4v) is 3.22. The van der Waals surface area contributed by atoms with E-state index in [0.29, 0.717) is 12.4 Å². The molecule has 25 heavy (non-hydrogen) atoms. The molecule has 0 aliphatic rings. The largest absolute Gasteiger partial charge is 0.504 e. The monoisotopic (exact) mass is 348 g/mol. The van der Waals surface area contributed by atoms with E-state index in [1.165, 1.54) is 83.5 Å². The lowest BCUT2D eigenvalue weighted by molar-refractivity contribution is 0.288. The van der Waals surface area contributed by atoms with Crippen LogP contribution in [0.5, 0.6) is 11.5 Å². The molecule has 0 fully saturated rings. The van der Waals surface area contributed by atoms with Gasteiger partial charge in [-0.1, -0.05) is 96.5 Å².